The molecule has 2 heteroatoms. The summed E-state index contributed by atoms with van der Waals surface area (Å²) >= 11 is 0. The number of aromatic nitrogens is 1. The Kier molecular flexibility index (Phi) is 2.93. The first-order valence-corrected chi connectivity index (χ1v) is 5.07. The van der Waals surface area contributed by atoms with Crippen LogP contribution in [0.5, 0.6) is 0 Å². The molecule has 0 radical (unpaired) electrons. The van der Waals surface area contributed by atoms with Crippen LogP contribution in [0.2, 0.25) is 0 Å². The van der Waals surface area contributed by atoms with Gasteiger partial charge in [-0.2, -0.15) is 0 Å². The maximum Gasteiger partial charge on any atom is 0.0303 e. The monoisotopic (exact) mass is 176 g/mol. The summed E-state index contributed by atoms with van der Waals surface area (Å²) in [4.78, 5) is 4.16. The second-order valence-electron chi connectivity index (χ2n) is 3.68. The van der Waals surface area contributed by atoms with E-state index >= 15 is 0 Å². The molecule has 0 bridgehead atoms. The topological polar surface area (TPSA) is 24.9 Å². The molecule has 1 N–H and O–H groups in total. The van der Waals surface area contributed by atoms with E-state index in [0.29, 0.717) is 5.92 Å². The first kappa shape index (κ1) is 8.70. The van der Waals surface area contributed by atoms with Gasteiger partial charge in [0.1, 0.15) is 0 Å². The molecule has 1 aliphatic rings. The molecule has 1 fully saturated rings. The predicted octanol–water partition coefficient (Wildman–Crippen LogP) is 1.94. The molecule has 1 unspecified atom stereocenters. The Balaban J connectivity index is 2.06. The predicted molar refractivity (Wildman–Crippen MR) is 53.7 cm³/mol. The summed E-state index contributed by atoms with van der Waals surface area (Å²) in [5, 5.41) is 3.47. The third-order valence-electron chi connectivity index (χ3n) is 2.70. The van der Waals surface area contributed by atoms with Gasteiger partial charge < -0.3 is 5.32 Å². The second kappa shape index (κ2) is 4.38. The largest absolute Gasteiger partial charge is 0.316 e. The molecule has 0 saturated carbocycles. The molecule has 1 saturated heterocycles. The van der Waals surface area contributed by atoms with Crippen molar-refractivity contribution >= 4 is 0 Å². The third kappa shape index (κ3) is 2.28. The number of hydrogen-bond donors (Lipinski definition) is 1. The van der Waals surface area contributed by atoms with Crippen molar-refractivity contribution in [3.63, 3.8) is 0 Å². The Morgan fingerprint density at radius 3 is 3.23 bits per heavy atom. The summed E-state index contributed by atoms with van der Waals surface area (Å²) in [7, 11) is 0. The Bertz CT molecular complexity index is 238. The molecule has 13 heavy (non-hydrogen) atoms. The minimum Gasteiger partial charge on any atom is -0.316 e. The van der Waals surface area contributed by atoms with Crippen molar-refractivity contribution in [2.45, 2.75) is 25.2 Å². The summed E-state index contributed by atoms with van der Waals surface area (Å²) in [6.45, 7) is 2.29. The zero-order chi connectivity index (χ0) is 8.93. The van der Waals surface area contributed by atoms with Gasteiger partial charge in [0.2, 0.25) is 0 Å². The maximum absolute atomic E-state index is 4.16. The van der Waals surface area contributed by atoms with Crippen LogP contribution in [0.15, 0.2) is 24.5 Å². The molecular formula is C11H16N2. The van der Waals surface area contributed by atoms with Crippen LogP contribution < -0.4 is 5.32 Å². The van der Waals surface area contributed by atoms with Gasteiger partial charge in [0.25, 0.3) is 0 Å². The molecule has 0 aromatic carbocycles. The zero-order valence-corrected chi connectivity index (χ0v) is 7.87. The number of pyridine rings is 1. The highest BCUT2D eigenvalue weighted by atomic mass is 14.9. The average molecular weight is 176 g/mol. The van der Waals surface area contributed by atoms with Crippen LogP contribution in [0.3, 0.4) is 0 Å². The quantitative estimate of drug-likeness (QED) is 0.707. The molecule has 1 aliphatic heterocycles. The number of rotatable bonds is 1. The number of nitrogens with zero attached hydrogens (tertiary/aromatic N) is 1. The molecule has 0 spiro atoms. The molecule has 2 rings (SSSR count). The van der Waals surface area contributed by atoms with Crippen LogP contribution in [0.4, 0.5) is 0 Å². The normalized spacial score (nSPS) is 23.8. The van der Waals surface area contributed by atoms with Gasteiger partial charge in [-0.25, -0.2) is 0 Å². The molecule has 0 aliphatic carbocycles. The van der Waals surface area contributed by atoms with Crippen molar-refractivity contribution in [2.75, 3.05) is 13.1 Å². The van der Waals surface area contributed by atoms with Crippen LogP contribution >= 0.6 is 0 Å². The fourth-order valence-corrected chi connectivity index (χ4v) is 1.92. The lowest BCUT2D eigenvalue weighted by molar-refractivity contribution is 0.608. The smallest absolute Gasteiger partial charge is 0.0303 e. The van der Waals surface area contributed by atoms with Crippen LogP contribution in [-0.4, -0.2) is 18.1 Å². The molecule has 1 aromatic rings. The van der Waals surface area contributed by atoms with Crippen molar-refractivity contribution in [3.05, 3.63) is 30.1 Å². The standard InChI is InChI=1S/C11H16N2/c1-2-6-12-8-10(4-1)11-5-3-7-13-9-11/h3,5,7,9-10,12H,1-2,4,6,8H2. The second-order valence-corrected chi connectivity index (χ2v) is 3.68. The molecule has 2 heterocycles. The lowest BCUT2D eigenvalue weighted by Crippen LogP contribution is -2.19. The molecule has 1 aromatic heterocycles. The van der Waals surface area contributed by atoms with E-state index in [9.17, 15) is 0 Å². The highest BCUT2D eigenvalue weighted by Crippen LogP contribution is 2.21. The Hall–Kier alpha value is -0.890. The minimum atomic E-state index is 0.677. The van der Waals surface area contributed by atoms with Gasteiger partial charge in [0, 0.05) is 18.9 Å². The highest BCUT2D eigenvalue weighted by molar-refractivity contribution is 5.15. The van der Waals surface area contributed by atoms with E-state index in [1.54, 1.807) is 0 Å². The van der Waals surface area contributed by atoms with E-state index in [0.717, 1.165) is 6.54 Å². The van der Waals surface area contributed by atoms with Crippen molar-refractivity contribution in [2.24, 2.45) is 0 Å². The van der Waals surface area contributed by atoms with Gasteiger partial charge in [-0.1, -0.05) is 12.5 Å². The van der Waals surface area contributed by atoms with Crippen molar-refractivity contribution in [1.29, 1.82) is 0 Å². The Labute approximate surface area is 79.4 Å². The van der Waals surface area contributed by atoms with E-state index < -0.39 is 0 Å². The first-order valence-electron chi connectivity index (χ1n) is 5.07. The fraction of sp³-hybridized carbons (Fsp3) is 0.545. The van der Waals surface area contributed by atoms with Crippen molar-refractivity contribution in [1.82, 2.24) is 10.3 Å². The van der Waals surface area contributed by atoms with Gasteiger partial charge in [0.15, 0.2) is 0 Å². The summed E-state index contributed by atoms with van der Waals surface area (Å²) in [5.74, 6) is 0.677. The lowest BCUT2D eigenvalue weighted by Gasteiger charge is -2.13. The summed E-state index contributed by atoms with van der Waals surface area (Å²) < 4.78 is 0. The number of hydrogen-bond acceptors (Lipinski definition) is 2. The first-order chi connectivity index (χ1) is 6.47. The maximum atomic E-state index is 4.16. The van der Waals surface area contributed by atoms with Gasteiger partial charge >= 0.3 is 0 Å². The van der Waals surface area contributed by atoms with Crippen molar-refractivity contribution in [3.8, 4) is 0 Å². The Morgan fingerprint density at radius 1 is 1.38 bits per heavy atom. The van der Waals surface area contributed by atoms with E-state index in [2.05, 4.69) is 16.4 Å². The van der Waals surface area contributed by atoms with Crippen molar-refractivity contribution < 1.29 is 0 Å². The highest BCUT2D eigenvalue weighted by Gasteiger charge is 2.13. The molecule has 0 amide bonds. The number of nitrogens with one attached hydrogen (secondary N) is 1. The van der Waals surface area contributed by atoms with E-state index in [4.69, 9.17) is 0 Å². The minimum absolute atomic E-state index is 0.677. The third-order valence-corrected chi connectivity index (χ3v) is 2.70. The summed E-state index contributed by atoms with van der Waals surface area (Å²) in [6.07, 6.45) is 7.80. The van der Waals surface area contributed by atoms with Gasteiger partial charge in [-0.05, 0) is 36.9 Å². The van der Waals surface area contributed by atoms with Crippen LogP contribution in [0, 0.1) is 0 Å². The summed E-state index contributed by atoms with van der Waals surface area (Å²) in [6, 6.07) is 4.21. The van der Waals surface area contributed by atoms with Crippen LogP contribution in [0.1, 0.15) is 30.7 Å². The lowest BCUT2D eigenvalue weighted by atomic mass is 9.96. The molecule has 70 valence electrons. The van der Waals surface area contributed by atoms with E-state index in [-0.39, 0.29) is 0 Å². The zero-order valence-electron chi connectivity index (χ0n) is 7.87. The van der Waals surface area contributed by atoms with Crippen LogP contribution in [-0.2, 0) is 0 Å². The van der Waals surface area contributed by atoms with Gasteiger partial charge in [0.05, 0.1) is 0 Å². The van der Waals surface area contributed by atoms with Crippen LogP contribution in [0.25, 0.3) is 0 Å². The Morgan fingerprint density at radius 2 is 2.38 bits per heavy atom. The fourth-order valence-electron chi connectivity index (χ4n) is 1.92. The molecule has 1 atom stereocenters. The molecule has 2 nitrogen and oxygen atoms in total. The molecular weight excluding hydrogens is 160 g/mol. The van der Waals surface area contributed by atoms with E-state index in [1.807, 2.05) is 18.5 Å². The average Bonchev–Trinajstić information content (AvgIpc) is 2.47. The SMILES string of the molecule is c1cncc(C2CCCCNC2)c1. The van der Waals surface area contributed by atoms with Gasteiger partial charge in [-0.3, -0.25) is 4.98 Å². The van der Waals surface area contributed by atoms with Gasteiger partial charge in [-0.15, -0.1) is 0 Å². The summed E-state index contributed by atoms with van der Waals surface area (Å²) in [5.41, 5.74) is 1.39. The van der Waals surface area contributed by atoms with E-state index in [1.165, 1.54) is 31.4 Å².